The zero-order chi connectivity index (χ0) is 18.9. The lowest BCUT2D eigenvalue weighted by Gasteiger charge is -2.30. The van der Waals surface area contributed by atoms with Gasteiger partial charge in [-0.05, 0) is 43.2 Å². The number of hydrogen-bond donors (Lipinski definition) is 0. The first-order chi connectivity index (χ1) is 13.7. The molecule has 0 spiro atoms. The van der Waals surface area contributed by atoms with E-state index in [1.165, 1.54) is 0 Å². The normalized spacial score (nSPS) is 16.0. The van der Waals surface area contributed by atoms with Crippen LogP contribution in [0.5, 0.6) is 0 Å². The van der Waals surface area contributed by atoms with Gasteiger partial charge in [-0.25, -0.2) is 0 Å². The average Bonchev–Trinajstić information content (AvgIpc) is 3.35. The summed E-state index contributed by atoms with van der Waals surface area (Å²) < 4.78 is 6.86. The molecule has 0 atom stereocenters. The molecule has 1 saturated heterocycles. The fourth-order valence-electron chi connectivity index (χ4n) is 3.60. The van der Waals surface area contributed by atoms with Crippen molar-refractivity contribution in [3.63, 3.8) is 0 Å². The van der Waals surface area contributed by atoms with E-state index in [9.17, 15) is 0 Å². The zero-order valence-corrected chi connectivity index (χ0v) is 16.8. The summed E-state index contributed by atoms with van der Waals surface area (Å²) in [5.74, 6) is 1.20. The second-order valence-electron chi connectivity index (χ2n) is 7.03. The van der Waals surface area contributed by atoms with Gasteiger partial charge in [-0.1, -0.05) is 34.1 Å². The third-order valence-corrected chi connectivity index (χ3v) is 5.58. The molecule has 8 heteroatoms. The van der Waals surface area contributed by atoms with E-state index < -0.39 is 0 Å². The molecule has 2 aromatic heterocycles. The Balaban J connectivity index is 1.22. The van der Waals surface area contributed by atoms with Crippen LogP contribution in [0.4, 0.5) is 0 Å². The van der Waals surface area contributed by atoms with Crippen molar-refractivity contribution in [1.82, 2.24) is 30.1 Å². The second-order valence-corrected chi connectivity index (χ2v) is 7.94. The predicted octanol–water partition coefficient (Wildman–Crippen LogP) is 4.08. The quantitative estimate of drug-likeness (QED) is 0.477. The van der Waals surface area contributed by atoms with Crippen molar-refractivity contribution in [2.75, 3.05) is 13.1 Å². The minimum Gasteiger partial charge on any atom is -0.419 e. The highest BCUT2D eigenvalue weighted by molar-refractivity contribution is 9.10. The standard InChI is InChI=1S/C20H19BrN6O/c21-15-5-3-4-14(12-15)20-23-22-19(28-20)13-26-10-8-16(9-11-26)27-24-17-6-1-2-7-18(17)25-27/h1-7,12,16H,8-11,13H2. The van der Waals surface area contributed by atoms with Crippen molar-refractivity contribution in [2.45, 2.75) is 25.4 Å². The van der Waals surface area contributed by atoms with E-state index in [2.05, 4.69) is 41.2 Å². The largest absolute Gasteiger partial charge is 0.419 e. The van der Waals surface area contributed by atoms with Crippen LogP contribution in [0, 0.1) is 0 Å². The third kappa shape index (κ3) is 3.57. The van der Waals surface area contributed by atoms with E-state index in [-0.39, 0.29) is 0 Å². The second kappa shape index (κ2) is 7.44. The molecule has 28 heavy (non-hydrogen) atoms. The molecule has 1 aliphatic rings. The van der Waals surface area contributed by atoms with E-state index in [0.29, 0.717) is 24.4 Å². The van der Waals surface area contributed by atoms with Crippen LogP contribution in [-0.4, -0.2) is 43.2 Å². The molecule has 142 valence electrons. The molecule has 1 fully saturated rings. The number of benzene rings is 2. The minimum atomic E-state index is 0.337. The molecule has 2 aromatic carbocycles. The number of halogens is 1. The number of hydrogen-bond acceptors (Lipinski definition) is 6. The zero-order valence-electron chi connectivity index (χ0n) is 15.2. The molecular weight excluding hydrogens is 420 g/mol. The fourth-order valence-corrected chi connectivity index (χ4v) is 3.99. The van der Waals surface area contributed by atoms with Gasteiger partial charge in [0.05, 0.1) is 12.6 Å². The number of likely N-dealkylation sites (tertiary alicyclic amines) is 1. The molecule has 0 radical (unpaired) electrons. The molecule has 0 saturated carbocycles. The maximum atomic E-state index is 5.86. The van der Waals surface area contributed by atoms with E-state index in [1.807, 2.05) is 53.3 Å². The van der Waals surface area contributed by atoms with Crippen molar-refractivity contribution in [1.29, 1.82) is 0 Å². The Morgan fingerprint density at radius 3 is 2.43 bits per heavy atom. The lowest BCUT2D eigenvalue weighted by Crippen LogP contribution is -2.34. The van der Waals surface area contributed by atoms with Gasteiger partial charge in [-0.3, -0.25) is 4.90 Å². The molecule has 5 rings (SSSR count). The van der Waals surface area contributed by atoms with Gasteiger partial charge in [0, 0.05) is 23.1 Å². The Labute approximate surface area is 170 Å². The van der Waals surface area contributed by atoms with Gasteiger partial charge >= 0.3 is 0 Å². The molecular formula is C20H19BrN6O. The summed E-state index contributed by atoms with van der Waals surface area (Å²) in [5, 5.41) is 17.7. The van der Waals surface area contributed by atoms with Gasteiger partial charge in [0.1, 0.15) is 11.0 Å². The van der Waals surface area contributed by atoms with E-state index in [0.717, 1.165) is 47.0 Å². The summed E-state index contributed by atoms with van der Waals surface area (Å²) in [5.41, 5.74) is 2.83. The Kier molecular flexibility index (Phi) is 4.66. The van der Waals surface area contributed by atoms with Crippen LogP contribution in [-0.2, 0) is 6.54 Å². The number of aromatic nitrogens is 5. The topological polar surface area (TPSA) is 72.9 Å². The van der Waals surface area contributed by atoms with Crippen LogP contribution in [0.25, 0.3) is 22.5 Å². The average molecular weight is 439 g/mol. The number of nitrogens with zero attached hydrogens (tertiary/aromatic N) is 6. The molecule has 0 amide bonds. The lowest BCUT2D eigenvalue weighted by molar-refractivity contribution is 0.154. The van der Waals surface area contributed by atoms with Crippen LogP contribution in [0.1, 0.15) is 24.8 Å². The van der Waals surface area contributed by atoms with Crippen LogP contribution in [0.15, 0.2) is 57.4 Å². The fraction of sp³-hybridized carbons (Fsp3) is 0.300. The summed E-state index contributed by atoms with van der Waals surface area (Å²) in [6, 6.07) is 16.2. The van der Waals surface area contributed by atoms with Crippen LogP contribution < -0.4 is 0 Å². The van der Waals surface area contributed by atoms with Crippen LogP contribution in [0.2, 0.25) is 0 Å². The van der Waals surface area contributed by atoms with Crippen molar-refractivity contribution in [2.24, 2.45) is 0 Å². The molecule has 7 nitrogen and oxygen atoms in total. The molecule has 0 unspecified atom stereocenters. The number of rotatable bonds is 4. The molecule has 0 aliphatic carbocycles. The SMILES string of the molecule is Brc1cccc(-c2nnc(CN3CCC(n4nc5ccccc5n4)CC3)o2)c1. The Hall–Kier alpha value is -2.58. The first kappa shape index (κ1) is 17.5. The molecule has 0 N–H and O–H groups in total. The van der Waals surface area contributed by atoms with Gasteiger partial charge in [-0.15, -0.1) is 10.2 Å². The highest BCUT2D eigenvalue weighted by Gasteiger charge is 2.24. The highest BCUT2D eigenvalue weighted by Crippen LogP contribution is 2.25. The summed E-state index contributed by atoms with van der Waals surface area (Å²) >= 11 is 3.47. The first-order valence-corrected chi connectivity index (χ1v) is 10.2. The van der Waals surface area contributed by atoms with Gasteiger partial charge < -0.3 is 4.42 Å². The molecule has 0 bridgehead atoms. The van der Waals surface area contributed by atoms with Gasteiger partial charge in [0.2, 0.25) is 11.8 Å². The van der Waals surface area contributed by atoms with Gasteiger partial charge in [-0.2, -0.15) is 15.0 Å². The van der Waals surface area contributed by atoms with Crippen LogP contribution in [0.3, 0.4) is 0 Å². The number of fused-ring (bicyclic) bond motifs is 1. The maximum Gasteiger partial charge on any atom is 0.247 e. The molecule has 3 heterocycles. The monoisotopic (exact) mass is 438 g/mol. The molecule has 1 aliphatic heterocycles. The Bertz CT molecular complexity index is 1070. The van der Waals surface area contributed by atoms with E-state index in [4.69, 9.17) is 4.42 Å². The summed E-state index contributed by atoms with van der Waals surface area (Å²) in [7, 11) is 0. The van der Waals surface area contributed by atoms with Crippen molar-refractivity contribution >= 4 is 27.0 Å². The predicted molar refractivity (Wildman–Crippen MR) is 109 cm³/mol. The van der Waals surface area contributed by atoms with Crippen molar-refractivity contribution in [3.05, 3.63) is 58.9 Å². The smallest absolute Gasteiger partial charge is 0.247 e. The van der Waals surface area contributed by atoms with Gasteiger partial charge in [0.15, 0.2) is 0 Å². The van der Waals surface area contributed by atoms with Crippen molar-refractivity contribution < 1.29 is 4.42 Å². The Morgan fingerprint density at radius 2 is 1.71 bits per heavy atom. The third-order valence-electron chi connectivity index (χ3n) is 5.08. The first-order valence-electron chi connectivity index (χ1n) is 9.37. The minimum absolute atomic E-state index is 0.337. The van der Waals surface area contributed by atoms with E-state index in [1.54, 1.807) is 0 Å². The van der Waals surface area contributed by atoms with Crippen molar-refractivity contribution in [3.8, 4) is 11.5 Å². The summed E-state index contributed by atoms with van der Waals surface area (Å²) in [4.78, 5) is 4.23. The lowest BCUT2D eigenvalue weighted by atomic mass is 10.1. The maximum absolute atomic E-state index is 5.86. The van der Waals surface area contributed by atoms with Gasteiger partial charge in [0.25, 0.3) is 0 Å². The summed E-state index contributed by atoms with van der Waals surface area (Å²) in [6.45, 7) is 2.58. The number of piperidine rings is 1. The highest BCUT2D eigenvalue weighted by atomic mass is 79.9. The Morgan fingerprint density at radius 1 is 0.964 bits per heavy atom. The summed E-state index contributed by atoms with van der Waals surface area (Å²) in [6.07, 6.45) is 2.02. The molecule has 4 aromatic rings. The van der Waals surface area contributed by atoms with E-state index >= 15 is 0 Å². The van der Waals surface area contributed by atoms with Crippen LogP contribution >= 0.6 is 15.9 Å².